The van der Waals surface area contributed by atoms with Crippen LogP contribution in [0, 0.1) is 0 Å². The Hall–Kier alpha value is -0.820. The normalized spacial score (nSPS) is 24.7. The highest BCUT2D eigenvalue weighted by molar-refractivity contribution is 5.05. The Morgan fingerprint density at radius 2 is 1.52 bits per heavy atom. The predicted octanol–water partition coefficient (Wildman–Crippen LogP) is 6.36. The zero-order valence-corrected chi connectivity index (χ0v) is 15.0. The van der Waals surface area contributed by atoms with E-state index >= 15 is 0 Å². The molecule has 1 heteroatoms. The molecule has 0 spiro atoms. The maximum atomic E-state index is 5.91. The van der Waals surface area contributed by atoms with Crippen LogP contribution in [0.1, 0.15) is 80.1 Å². The lowest BCUT2D eigenvalue weighted by Crippen LogP contribution is -2.09. The van der Waals surface area contributed by atoms with Crippen molar-refractivity contribution in [2.45, 2.75) is 91.8 Å². The van der Waals surface area contributed by atoms with Crippen LogP contribution < -0.4 is 0 Å². The lowest BCUT2D eigenvalue weighted by molar-refractivity contribution is 0.295. The molecule has 0 aromatic carbocycles. The van der Waals surface area contributed by atoms with Gasteiger partial charge in [0.1, 0.15) is 0 Å². The van der Waals surface area contributed by atoms with Crippen LogP contribution in [-0.2, 0) is 4.74 Å². The van der Waals surface area contributed by atoms with Crippen molar-refractivity contribution in [2.24, 2.45) is 0 Å². The van der Waals surface area contributed by atoms with Crippen molar-refractivity contribution in [1.29, 1.82) is 0 Å². The van der Waals surface area contributed by atoms with E-state index in [1.54, 1.807) is 0 Å². The minimum atomic E-state index is 0.149. The van der Waals surface area contributed by atoms with Crippen molar-refractivity contribution in [1.82, 2.24) is 0 Å². The summed E-state index contributed by atoms with van der Waals surface area (Å²) in [4.78, 5) is 0. The summed E-state index contributed by atoms with van der Waals surface area (Å²) in [6.45, 7) is 13.2. The Morgan fingerprint density at radius 3 is 2.14 bits per heavy atom. The predicted molar refractivity (Wildman–Crippen MR) is 93.6 cm³/mol. The molecule has 2 unspecified atom stereocenters. The summed E-state index contributed by atoms with van der Waals surface area (Å²) in [5.41, 5.74) is 4.49. The number of hydrogen-bond acceptors (Lipinski definition) is 1. The summed E-state index contributed by atoms with van der Waals surface area (Å²) in [6.07, 6.45) is 14.5. The van der Waals surface area contributed by atoms with E-state index in [0.717, 1.165) is 19.3 Å². The summed E-state index contributed by atoms with van der Waals surface area (Å²) in [5, 5.41) is 0. The van der Waals surface area contributed by atoms with Gasteiger partial charge in [-0.2, -0.15) is 0 Å². The van der Waals surface area contributed by atoms with Gasteiger partial charge in [0.25, 0.3) is 0 Å². The Kier molecular flexibility index (Phi) is 7.45. The van der Waals surface area contributed by atoms with Crippen LogP contribution in [0.2, 0.25) is 0 Å². The third-order valence-electron chi connectivity index (χ3n) is 4.24. The molecule has 1 rings (SSSR count). The zero-order chi connectivity index (χ0) is 15.9. The molecule has 0 N–H and O–H groups in total. The van der Waals surface area contributed by atoms with Gasteiger partial charge in [0.05, 0.1) is 11.7 Å². The topological polar surface area (TPSA) is 12.5 Å². The molecule has 0 bridgehead atoms. The van der Waals surface area contributed by atoms with Crippen LogP contribution in [0.4, 0.5) is 0 Å². The van der Waals surface area contributed by atoms with Crippen LogP contribution >= 0.6 is 0 Å². The Morgan fingerprint density at radius 1 is 0.905 bits per heavy atom. The third kappa shape index (κ3) is 7.66. The van der Waals surface area contributed by atoms with E-state index in [-0.39, 0.29) is 5.60 Å². The Labute approximate surface area is 132 Å². The minimum absolute atomic E-state index is 0.149. The van der Waals surface area contributed by atoms with Crippen molar-refractivity contribution < 1.29 is 4.74 Å². The molecule has 1 aliphatic heterocycles. The highest BCUT2D eigenvalue weighted by atomic mass is 16.6. The van der Waals surface area contributed by atoms with Gasteiger partial charge in [0, 0.05) is 0 Å². The number of epoxide rings is 1. The van der Waals surface area contributed by atoms with E-state index in [0.29, 0.717) is 6.10 Å². The van der Waals surface area contributed by atoms with Gasteiger partial charge in [0.2, 0.25) is 0 Å². The molecule has 1 fully saturated rings. The third-order valence-corrected chi connectivity index (χ3v) is 4.24. The molecular formula is C20H34O. The van der Waals surface area contributed by atoms with Crippen LogP contribution in [-0.4, -0.2) is 11.7 Å². The quantitative estimate of drug-likeness (QED) is 0.355. The molecule has 2 atom stereocenters. The Balaban J connectivity index is 2.19. The number of allylic oxidation sites excluding steroid dienone is 6. The van der Waals surface area contributed by atoms with E-state index in [1.807, 2.05) is 0 Å². The maximum absolute atomic E-state index is 5.91. The average Bonchev–Trinajstić information content (AvgIpc) is 2.99. The van der Waals surface area contributed by atoms with E-state index in [1.165, 1.54) is 36.0 Å². The zero-order valence-electron chi connectivity index (χ0n) is 15.0. The number of hydrogen-bond donors (Lipinski definition) is 0. The smallest absolute Gasteiger partial charge is 0.0923 e. The van der Waals surface area contributed by atoms with E-state index in [9.17, 15) is 0 Å². The van der Waals surface area contributed by atoms with Gasteiger partial charge < -0.3 is 4.74 Å². The summed E-state index contributed by atoms with van der Waals surface area (Å²) in [5.74, 6) is 0. The molecule has 0 aliphatic carbocycles. The fourth-order valence-electron chi connectivity index (χ4n) is 2.69. The standard InChI is InChI=1S/C20H34O/c1-16(2)10-7-12-18(5)13-8-14-19-20(6,21-19)15-9-11-17(3)4/h10-11,13,19H,7-9,12,14-15H2,1-6H3/b18-13+. The molecule has 1 aliphatic rings. The van der Waals surface area contributed by atoms with Crippen molar-refractivity contribution in [3.8, 4) is 0 Å². The molecule has 0 aromatic heterocycles. The fourth-order valence-corrected chi connectivity index (χ4v) is 2.69. The monoisotopic (exact) mass is 290 g/mol. The van der Waals surface area contributed by atoms with Crippen LogP contribution in [0.5, 0.6) is 0 Å². The van der Waals surface area contributed by atoms with Crippen LogP contribution in [0.25, 0.3) is 0 Å². The van der Waals surface area contributed by atoms with Gasteiger partial charge >= 0.3 is 0 Å². The summed E-state index contributed by atoms with van der Waals surface area (Å²) in [7, 11) is 0. The molecule has 1 heterocycles. The molecule has 1 nitrogen and oxygen atoms in total. The fraction of sp³-hybridized carbons (Fsp3) is 0.700. The second-order valence-electron chi connectivity index (χ2n) is 7.19. The average molecular weight is 290 g/mol. The second-order valence-corrected chi connectivity index (χ2v) is 7.19. The lowest BCUT2D eigenvalue weighted by atomic mass is 9.97. The van der Waals surface area contributed by atoms with Crippen molar-refractivity contribution in [3.63, 3.8) is 0 Å². The van der Waals surface area contributed by atoms with Gasteiger partial charge in [-0.05, 0) is 80.1 Å². The number of rotatable bonds is 9. The lowest BCUT2D eigenvalue weighted by Gasteiger charge is -2.04. The largest absolute Gasteiger partial charge is 0.366 e. The minimum Gasteiger partial charge on any atom is -0.366 e. The summed E-state index contributed by atoms with van der Waals surface area (Å²) >= 11 is 0. The first kappa shape index (κ1) is 18.2. The van der Waals surface area contributed by atoms with Crippen LogP contribution in [0.15, 0.2) is 34.9 Å². The molecule has 21 heavy (non-hydrogen) atoms. The Bertz CT molecular complexity index is 406. The van der Waals surface area contributed by atoms with Crippen LogP contribution in [0.3, 0.4) is 0 Å². The highest BCUT2D eigenvalue weighted by Crippen LogP contribution is 2.43. The number of ether oxygens (including phenoxy) is 1. The SMILES string of the molecule is CC(C)=CCC/C(C)=C/CCC1OC1(C)CCC=C(C)C. The first-order valence-electron chi connectivity index (χ1n) is 8.43. The van der Waals surface area contributed by atoms with Gasteiger partial charge in [-0.25, -0.2) is 0 Å². The summed E-state index contributed by atoms with van der Waals surface area (Å²) in [6, 6.07) is 0. The van der Waals surface area contributed by atoms with Crippen molar-refractivity contribution in [2.75, 3.05) is 0 Å². The molecule has 0 amide bonds. The van der Waals surface area contributed by atoms with E-state index in [4.69, 9.17) is 4.74 Å². The summed E-state index contributed by atoms with van der Waals surface area (Å²) < 4.78 is 5.91. The van der Waals surface area contributed by atoms with Gasteiger partial charge in [0.15, 0.2) is 0 Å². The maximum Gasteiger partial charge on any atom is 0.0923 e. The first-order valence-corrected chi connectivity index (χ1v) is 8.43. The molecule has 1 saturated heterocycles. The van der Waals surface area contributed by atoms with E-state index in [2.05, 4.69) is 59.8 Å². The van der Waals surface area contributed by atoms with Crippen molar-refractivity contribution in [3.05, 3.63) is 34.9 Å². The second kappa shape index (κ2) is 8.58. The van der Waals surface area contributed by atoms with Crippen molar-refractivity contribution >= 4 is 0 Å². The molecule has 120 valence electrons. The van der Waals surface area contributed by atoms with Gasteiger partial charge in [-0.1, -0.05) is 34.9 Å². The van der Waals surface area contributed by atoms with E-state index < -0.39 is 0 Å². The molecule has 0 radical (unpaired) electrons. The molecule has 0 saturated carbocycles. The van der Waals surface area contributed by atoms with Gasteiger partial charge in [-0.3, -0.25) is 0 Å². The highest BCUT2D eigenvalue weighted by Gasteiger charge is 2.50. The first-order chi connectivity index (χ1) is 9.83. The molecular weight excluding hydrogens is 256 g/mol. The molecule has 0 aromatic rings. The van der Waals surface area contributed by atoms with Gasteiger partial charge in [-0.15, -0.1) is 0 Å².